The van der Waals surface area contributed by atoms with Gasteiger partial charge in [0.15, 0.2) is 0 Å². The summed E-state index contributed by atoms with van der Waals surface area (Å²) < 4.78 is 12.3. The van der Waals surface area contributed by atoms with E-state index in [1.807, 2.05) is 30.3 Å². The lowest BCUT2D eigenvalue weighted by Gasteiger charge is -2.35. The topological polar surface area (TPSA) is 113 Å². The van der Waals surface area contributed by atoms with Gasteiger partial charge in [-0.3, -0.25) is 9.59 Å². The molecule has 0 saturated carbocycles. The van der Waals surface area contributed by atoms with Crippen LogP contribution in [0.5, 0.6) is 5.75 Å². The number of ether oxygens (including phenoxy) is 2. The van der Waals surface area contributed by atoms with Crippen molar-refractivity contribution >= 4 is 17.6 Å². The molecule has 0 radical (unpaired) electrons. The SMILES string of the molecule is COC(=O)C1=C(N)Oc2cc(C)n(Cc3ccccc3)c(=O)c2C12C(=O)Nc1ccccc12. The Bertz CT molecular complexity index is 1410. The minimum absolute atomic E-state index is 0.0288. The maximum absolute atomic E-state index is 14.0. The van der Waals surface area contributed by atoms with E-state index in [4.69, 9.17) is 15.2 Å². The Morgan fingerprint density at radius 3 is 2.55 bits per heavy atom. The lowest BCUT2D eigenvalue weighted by molar-refractivity contribution is -0.138. The molecule has 0 fully saturated rings. The fourth-order valence-electron chi connectivity index (χ4n) is 4.72. The molecule has 33 heavy (non-hydrogen) atoms. The molecule has 3 heterocycles. The smallest absolute Gasteiger partial charge is 0.340 e. The number of nitrogens with zero attached hydrogens (tertiary/aromatic N) is 1. The molecule has 0 aliphatic carbocycles. The number of rotatable bonds is 3. The molecule has 8 nitrogen and oxygen atoms in total. The van der Waals surface area contributed by atoms with Gasteiger partial charge in [0.1, 0.15) is 16.7 Å². The number of nitrogens with one attached hydrogen (secondary N) is 1. The van der Waals surface area contributed by atoms with Crippen molar-refractivity contribution in [3.8, 4) is 5.75 Å². The second-order valence-corrected chi connectivity index (χ2v) is 7.98. The molecule has 1 spiro atoms. The van der Waals surface area contributed by atoms with Crippen LogP contribution in [0.15, 0.2) is 76.9 Å². The largest absolute Gasteiger partial charge is 0.465 e. The van der Waals surface area contributed by atoms with Gasteiger partial charge in [0.2, 0.25) is 11.8 Å². The molecule has 3 aromatic rings. The predicted molar refractivity (Wildman–Crippen MR) is 121 cm³/mol. The lowest BCUT2D eigenvalue weighted by atomic mass is 9.68. The van der Waals surface area contributed by atoms with Crippen LogP contribution in [0.25, 0.3) is 0 Å². The average Bonchev–Trinajstić information content (AvgIpc) is 3.08. The normalized spacial score (nSPS) is 18.4. The first-order chi connectivity index (χ1) is 15.9. The van der Waals surface area contributed by atoms with Crippen molar-refractivity contribution in [2.24, 2.45) is 5.73 Å². The third kappa shape index (κ3) is 2.80. The number of hydrogen-bond acceptors (Lipinski definition) is 6. The van der Waals surface area contributed by atoms with E-state index in [2.05, 4.69) is 5.32 Å². The number of pyridine rings is 1. The van der Waals surface area contributed by atoms with Gasteiger partial charge in [0.05, 0.1) is 19.2 Å². The van der Waals surface area contributed by atoms with Crippen LogP contribution in [-0.2, 0) is 26.3 Å². The van der Waals surface area contributed by atoms with Gasteiger partial charge in [-0.15, -0.1) is 0 Å². The molecule has 2 aromatic carbocycles. The van der Waals surface area contributed by atoms with Crippen LogP contribution in [0.3, 0.4) is 0 Å². The number of fused-ring (bicyclic) bond motifs is 4. The summed E-state index contributed by atoms with van der Waals surface area (Å²) in [6.07, 6.45) is 0. The average molecular weight is 443 g/mol. The van der Waals surface area contributed by atoms with E-state index >= 15 is 0 Å². The highest BCUT2D eigenvalue weighted by Gasteiger charge is 2.60. The van der Waals surface area contributed by atoms with Crippen molar-refractivity contribution < 1.29 is 19.1 Å². The Morgan fingerprint density at radius 2 is 1.82 bits per heavy atom. The molecule has 0 bridgehead atoms. The number of para-hydroxylation sites is 1. The number of aromatic nitrogens is 1. The van der Waals surface area contributed by atoms with Crippen LogP contribution in [0, 0.1) is 6.92 Å². The van der Waals surface area contributed by atoms with E-state index in [1.165, 1.54) is 7.11 Å². The van der Waals surface area contributed by atoms with Crippen molar-refractivity contribution in [2.75, 3.05) is 12.4 Å². The number of hydrogen-bond donors (Lipinski definition) is 2. The van der Waals surface area contributed by atoms with E-state index < -0.39 is 22.9 Å². The minimum Gasteiger partial charge on any atom is -0.465 e. The number of aryl methyl sites for hydroxylation is 1. The van der Waals surface area contributed by atoms with E-state index in [1.54, 1.807) is 41.8 Å². The molecular weight excluding hydrogens is 422 g/mol. The molecule has 2 aliphatic heterocycles. The van der Waals surface area contributed by atoms with Crippen molar-refractivity contribution in [1.82, 2.24) is 4.57 Å². The number of anilines is 1. The number of benzene rings is 2. The Morgan fingerprint density at radius 1 is 1.12 bits per heavy atom. The number of carbonyl (C=O) groups excluding carboxylic acids is 2. The number of methoxy groups -OCH3 is 1. The summed E-state index contributed by atoms with van der Waals surface area (Å²) in [5.74, 6) is -1.55. The maximum atomic E-state index is 14.0. The van der Waals surface area contributed by atoms with Crippen molar-refractivity contribution in [3.63, 3.8) is 0 Å². The molecule has 166 valence electrons. The third-order valence-corrected chi connectivity index (χ3v) is 6.18. The first kappa shape index (κ1) is 20.6. The molecule has 0 saturated heterocycles. The molecule has 1 aromatic heterocycles. The maximum Gasteiger partial charge on any atom is 0.340 e. The highest BCUT2D eigenvalue weighted by molar-refractivity contribution is 6.17. The van der Waals surface area contributed by atoms with Gasteiger partial charge < -0.3 is 25.1 Å². The van der Waals surface area contributed by atoms with E-state index in [9.17, 15) is 14.4 Å². The number of esters is 1. The van der Waals surface area contributed by atoms with Gasteiger partial charge in [0.25, 0.3) is 5.56 Å². The lowest BCUT2D eigenvalue weighted by Crippen LogP contribution is -2.50. The second-order valence-electron chi connectivity index (χ2n) is 7.98. The summed E-state index contributed by atoms with van der Waals surface area (Å²) in [7, 11) is 1.19. The summed E-state index contributed by atoms with van der Waals surface area (Å²) in [6.45, 7) is 2.06. The minimum atomic E-state index is -1.80. The van der Waals surface area contributed by atoms with Crippen molar-refractivity contribution in [2.45, 2.75) is 18.9 Å². The summed E-state index contributed by atoms with van der Waals surface area (Å²) in [6, 6.07) is 18.0. The Balaban J connectivity index is 1.86. The second kappa shape index (κ2) is 7.37. The molecular formula is C25H21N3O5. The van der Waals surface area contributed by atoms with Gasteiger partial charge >= 0.3 is 5.97 Å². The molecule has 1 atom stereocenters. The summed E-state index contributed by atoms with van der Waals surface area (Å²) in [4.78, 5) is 40.6. The summed E-state index contributed by atoms with van der Waals surface area (Å²) in [5, 5.41) is 2.80. The van der Waals surface area contributed by atoms with Crippen molar-refractivity contribution in [3.05, 3.63) is 105 Å². The fourth-order valence-corrected chi connectivity index (χ4v) is 4.72. The summed E-state index contributed by atoms with van der Waals surface area (Å²) >= 11 is 0. The highest BCUT2D eigenvalue weighted by atomic mass is 16.5. The first-order valence-electron chi connectivity index (χ1n) is 10.4. The third-order valence-electron chi connectivity index (χ3n) is 6.18. The Hall–Kier alpha value is -4.33. The monoisotopic (exact) mass is 443 g/mol. The first-order valence-corrected chi connectivity index (χ1v) is 10.4. The number of carbonyl (C=O) groups is 2. The fraction of sp³-hybridized carbons (Fsp3) is 0.160. The summed E-state index contributed by atoms with van der Waals surface area (Å²) in [5.41, 5.74) is 6.20. The van der Waals surface area contributed by atoms with Crippen LogP contribution in [0.2, 0.25) is 0 Å². The van der Waals surface area contributed by atoms with Crippen LogP contribution in [0.1, 0.15) is 22.4 Å². The van der Waals surface area contributed by atoms with Gasteiger partial charge in [-0.2, -0.15) is 0 Å². The standard InChI is InChI=1S/C25H21N3O5/c1-14-12-18-19(22(29)28(14)13-15-8-4-3-5-9-15)25(20(21(26)33-18)23(30)32-2)16-10-6-7-11-17(16)27-24(25)31/h3-12H,13,26H2,1-2H3,(H,27,31). The van der Waals surface area contributed by atoms with Gasteiger partial charge in [-0.1, -0.05) is 48.5 Å². The van der Waals surface area contributed by atoms with Gasteiger partial charge in [0, 0.05) is 23.0 Å². The molecule has 3 N–H and O–H groups in total. The Kier molecular flexibility index (Phi) is 4.59. The van der Waals surface area contributed by atoms with E-state index in [0.29, 0.717) is 16.9 Å². The predicted octanol–water partition coefficient (Wildman–Crippen LogP) is 2.18. The van der Waals surface area contributed by atoms with E-state index in [0.717, 1.165) is 5.56 Å². The number of amides is 1. The molecule has 1 unspecified atom stereocenters. The quantitative estimate of drug-likeness (QED) is 0.600. The molecule has 5 rings (SSSR count). The Labute approximate surface area is 189 Å². The highest BCUT2D eigenvalue weighted by Crippen LogP contribution is 2.52. The molecule has 1 amide bonds. The van der Waals surface area contributed by atoms with Crippen LogP contribution in [-0.4, -0.2) is 23.6 Å². The molecule has 2 aliphatic rings. The van der Waals surface area contributed by atoms with Crippen LogP contribution < -0.4 is 21.3 Å². The van der Waals surface area contributed by atoms with E-state index in [-0.39, 0.29) is 29.3 Å². The van der Waals surface area contributed by atoms with Gasteiger partial charge in [-0.05, 0) is 18.6 Å². The van der Waals surface area contributed by atoms with Crippen molar-refractivity contribution in [1.29, 1.82) is 0 Å². The van der Waals surface area contributed by atoms with Crippen LogP contribution in [0.4, 0.5) is 5.69 Å². The van der Waals surface area contributed by atoms with Crippen LogP contribution >= 0.6 is 0 Å². The zero-order valence-electron chi connectivity index (χ0n) is 18.0. The number of nitrogens with two attached hydrogens (primary N) is 1. The zero-order chi connectivity index (χ0) is 23.3. The molecule has 8 heteroatoms. The van der Waals surface area contributed by atoms with Gasteiger partial charge in [-0.25, -0.2) is 4.79 Å². The zero-order valence-corrected chi connectivity index (χ0v) is 18.0.